The molecule has 0 bridgehead atoms. The first kappa shape index (κ1) is 9.52. The van der Waals surface area contributed by atoms with E-state index in [9.17, 15) is 0 Å². The summed E-state index contributed by atoms with van der Waals surface area (Å²) in [5.74, 6) is 0.442. The number of benzene rings is 1. The van der Waals surface area contributed by atoms with Crippen molar-refractivity contribution in [2.24, 2.45) is 0 Å². The topological polar surface area (TPSA) is 54.7 Å². The Morgan fingerprint density at radius 2 is 2.27 bits per heavy atom. The van der Waals surface area contributed by atoms with Gasteiger partial charge in [-0.15, -0.1) is 0 Å². The van der Waals surface area contributed by atoms with Crippen molar-refractivity contribution in [1.29, 1.82) is 0 Å². The van der Waals surface area contributed by atoms with Crippen LogP contribution in [0.25, 0.3) is 23.2 Å². The summed E-state index contributed by atoms with van der Waals surface area (Å²) in [5.41, 5.74) is 9.59. The van der Waals surface area contributed by atoms with Crippen LogP contribution in [-0.2, 0) is 0 Å². The molecule has 1 aromatic heterocycles. The van der Waals surface area contributed by atoms with Crippen LogP contribution in [0.15, 0.2) is 24.8 Å². The molecule has 0 fully saturated rings. The largest absolute Gasteiger partial charge is 0.369 e. The number of nitrogens with zero attached hydrogens (tertiary/aromatic N) is 1. The lowest BCUT2D eigenvalue weighted by Gasteiger charge is -2.01. The molecule has 1 aromatic carbocycles. The summed E-state index contributed by atoms with van der Waals surface area (Å²) in [7, 11) is 0. The Hall–Kier alpha value is -2.03. The Balaban J connectivity index is 2.83. The molecule has 0 unspecified atom stereocenters. The van der Waals surface area contributed by atoms with E-state index in [1.165, 1.54) is 0 Å². The lowest BCUT2D eigenvalue weighted by Crippen LogP contribution is -1.85. The Bertz CT molecular complexity index is 535. The SMILES string of the molecule is C=Cc1ccc2[nH]c(N)nc2c1/C=C\C. The van der Waals surface area contributed by atoms with Gasteiger partial charge in [-0.1, -0.05) is 30.9 Å². The molecule has 2 rings (SSSR count). The highest BCUT2D eigenvalue weighted by atomic mass is 15.0. The smallest absolute Gasteiger partial charge is 0.198 e. The number of hydrogen-bond acceptors (Lipinski definition) is 2. The fourth-order valence-electron chi connectivity index (χ4n) is 1.65. The quantitative estimate of drug-likeness (QED) is 0.781. The van der Waals surface area contributed by atoms with E-state index in [0.29, 0.717) is 5.95 Å². The number of anilines is 1. The van der Waals surface area contributed by atoms with Gasteiger partial charge in [0, 0.05) is 5.56 Å². The van der Waals surface area contributed by atoms with E-state index < -0.39 is 0 Å². The molecule has 0 saturated carbocycles. The monoisotopic (exact) mass is 199 g/mol. The van der Waals surface area contributed by atoms with Crippen LogP contribution in [0.1, 0.15) is 18.1 Å². The molecule has 0 aliphatic carbocycles. The molecule has 0 radical (unpaired) electrons. The molecule has 76 valence electrons. The zero-order valence-corrected chi connectivity index (χ0v) is 8.62. The van der Waals surface area contributed by atoms with Gasteiger partial charge in [0.25, 0.3) is 0 Å². The minimum absolute atomic E-state index is 0.442. The maximum absolute atomic E-state index is 5.63. The first-order valence-electron chi connectivity index (χ1n) is 4.79. The lowest BCUT2D eigenvalue weighted by molar-refractivity contribution is 1.35. The molecular formula is C12H13N3. The summed E-state index contributed by atoms with van der Waals surface area (Å²) >= 11 is 0. The summed E-state index contributed by atoms with van der Waals surface area (Å²) in [6, 6.07) is 3.96. The first-order valence-corrected chi connectivity index (χ1v) is 4.79. The van der Waals surface area contributed by atoms with Gasteiger partial charge >= 0.3 is 0 Å². The molecule has 15 heavy (non-hydrogen) atoms. The van der Waals surface area contributed by atoms with E-state index in [1.807, 2.05) is 37.3 Å². The third kappa shape index (κ3) is 1.52. The van der Waals surface area contributed by atoms with Crippen molar-refractivity contribution in [3.8, 4) is 0 Å². The van der Waals surface area contributed by atoms with Gasteiger partial charge in [-0.3, -0.25) is 0 Å². The second kappa shape index (κ2) is 3.61. The van der Waals surface area contributed by atoms with Crippen molar-refractivity contribution in [2.45, 2.75) is 6.92 Å². The van der Waals surface area contributed by atoms with E-state index in [1.54, 1.807) is 0 Å². The van der Waals surface area contributed by atoms with Crippen LogP contribution in [0.4, 0.5) is 5.95 Å². The summed E-state index contributed by atoms with van der Waals surface area (Å²) in [4.78, 5) is 7.27. The minimum atomic E-state index is 0.442. The summed E-state index contributed by atoms with van der Waals surface area (Å²) in [6.07, 6.45) is 5.81. The summed E-state index contributed by atoms with van der Waals surface area (Å²) in [6.45, 7) is 5.76. The highest BCUT2D eigenvalue weighted by Crippen LogP contribution is 2.23. The van der Waals surface area contributed by atoms with Gasteiger partial charge in [-0.05, 0) is 18.6 Å². The highest BCUT2D eigenvalue weighted by Gasteiger charge is 2.06. The molecule has 0 saturated heterocycles. The van der Waals surface area contributed by atoms with Gasteiger partial charge in [-0.2, -0.15) is 0 Å². The fraction of sp³-hybridized carbons (Fsp3) is 0.0833. The van der Waals surface area contributed by atoms with E-state index in [-0.39, 0.29) is 0 Å². The molecular weight excluding hydrogens is 186 g/mol. The number of imidazole rings is 1. The molecule has 2 aromatic rings. The third-order valence-electron chi connectivity index (χ3n) is 2.30. The van der Waals surface area contributed by atoms with Gasteiger partial charge in [0.05, 0.1) is 11.0 Å². The van der Waals surface area contributed by atoms with Crippen molar-refractivity contribution in [3.05, 3.63) is 35.9 Å². The van der Waals surface area contributed by atoms with Crippen LogP contribution in [0.3, 0.4) is 0 Å². The van der Waals surface area contributed by atoms with Crippen molar-refractivity contribution >= 4 is 29.1 Å². The molecule has 3 heteroatoms. The van der Waals surface area contributed by atoms with Gasteiger partial charge in [-0.25, -0.2) is 4.98 Å². The minimum Gasteiger partial charge on any atom is -0.369 e. The zero-order chi connectivity index (χ0) is 10.8. The average molecular weight is 199 g/mol. The number of hydrogen-bond donors (Lipinski definition) is 2. The fourth-order valence-corrected chi connectivity index (χ4v) is 1.65. The average Bonchev–Trinajstić information content (AvgIpc) is 2.60. The van der Waals surface area contributed by atoms with Gasteiger partial charge in [0.2, 0.25) is 0 Å². The molecule has 0 aliphatic rings. The van der Waals surface area contributed by atoms with Crippen LogP contribution in [-0.4, -0.2) is 9.97 Å². The van der Waals surface area contributed by atoms with Crippen molar-refractivity contribution in [3.63, 3.8) is 0 Å². The third-order valence-corrected chi connectivity index (χ3v) is 2.30. The number of nitrogens with two attached hydrogens (primary N) is 1. The number of rotatable bonds is 2. The summed E-state index contributed by atoms with van der Waals surface area (Å²) in [5, 5.41) is 0. The lowest BCUT2D eigenvalue weighted by atomic mass is 10.1. The number of fused-ring (bicyclic) bond motifs is 1. The Morgan fingerprint density at radius 3 is 2.93 bits per heavy atom. The van der Waals surface area contributed by atoms with Crippen LogP contribution < -0.4 is 5.73 Å². The van der Waals surface area contributed by atoms with Crippen LogP contribution >= 0.6 is 0 Å². The normalized spacial score (nSPS) is 11.3. The van der Waals surface area contributed by atoms with Crippen molar-refractivity contribution < 1.29 is 0 Å². The number of aromatic amines is 1. The Labute approximate surface area is 88.3 Å². The van der Waals surface area contributed by atoms with E-state index in [0.717, 1.165) is 22.2 Å². The Morgan fingerprint density at radius 1 is 1.47 bits per heavy atom. The van der Waals surface area contributed by atoms with Crippen molar-refractivity contribution in [2.75, 3.05) is 5.73 Å². The number of aromatic nitrogens is 2. The first-order chi connectivity index (χ1) is 7.26. The number of allylic oxidation sites excluding steroid dienone is 1. The number of nitrogen functional groups attached to an aromatic ring is 1. The van der Waals surface area contributed by atoms with Gasteiger partial charge in [0.1, 0.15) is 0 Å². The maximum atomic E-state index is 5.63. The number of H-pyrrole nitrogens is 1. The number of nitrogens with one attached hydrogen (secondary N) is 1. The molecule has 1 heterocycles. The van der Waals surface area contributed by atoms with Gasteiger partial charge in [0.15, 0.2) is 5.95 Å². The predicted molar refractivity (Wildman–Crippen MR) is 65.3 cm³/mol. The van der Waals surface area contributed by atoms with E-state index >= 15 is 0 Å². The second-order valence-electron chi connectivity index (χ2n) is 3.29. The molecule has 0 amide bonds. The standard InChI is InChI=1S/C12H13N3/c1-3-5-9-8(4-2)6-7-10-11(9)15-12(13)14-10/h3-7H,2H2,1H3,(H3,13,14,15)/b5-3-. The molecule has 0 atom stereocenters. The zero-order valence-electron chi connectivity index (χ0n) is 8.62. The van der Waals surface area contributed by atoms with Gasteiger partial charge < -0.3 is 10.7 Å². The second-order valence-corrected chi connectivity index (χ2v) is 3.29. The molecule has 0 aliphatic heterocycles. The molecule has 3 nitrogen and oxygen atoms in total. The van der Waals surface area contributed by atoms with E-state index in [4.69, 9.17) is 5.73 Å². The molecule has 0 spiro atoms. The molecule has 3 N–H and O–H groups in total. The van der Waals surface area contributed by atoms with Crippen LogP contribution in [0, 0.1) is 0 Å². The van der Waals surface area contributed by atoms with Crippen LogP contribution in [0.5, 0.6) is 0 Å². The van der Waals surface area contributed by atoms with E-state index in [2.05, 4.69) is 16.5 Å². The summed E-state index contributed by atoms with van der Waals surface area (Å²) < 4.78 is 0. The Kier molecular flexibility index (Phi) is 2.29. The van der Waals surface area contributed by atoms with Crippen LogP contribution in [0.2, 0.25) is 0 Å². The maximum Gasteiger partial charge on any atom is 0.198 e. The predicted octanol–water partition coefficient (Wildman–Crippen LogP) is 2.82. The van der Waals surface area contributed by atoms with Crippen molar-refractivity contribution in [1.82, 2.24) is 9.97 Å². The highest BCUT2D eigenvalue weighted by molar-refractivity contribution is 5.90.